The smallest absolute Gasteiger partial charge is 0.164 e. The van der Waals surface area contributed by atoms with E-state index in [1.54, 1.807) is 0 Å². The van der Waals surface area contributed by atoms with Crippen LogP contribution in [0.15, 0.2) is 18.5 Å². The second-order valence-corrected chi connectivity index (χ2v) is 12.8. The molecule has 0 spiro atoms. The summed E-state index contributed by atoms with van der Waals surface area (Å²) in [5, 5.41) is 0. The number of rotatable bonds is 6. The maximum absolute atomic E-state index is 5.83. The van der Waals surface area contributed by atoms with Crippen molar-refractivity contribution in [1.29, 1.82) is 0 Å². The lowest BCUT2D eigenvalue weighted by Gasteiger charge is -2.27. The Labute approximate surface area is 138 Å². The summed E-state index contributed by atoms with van der Waals surface area (Å²) in [4.78, 5) is 11.5. The Morgan fingerprint density at radius 1 is 1.22 bits per heavy atom. The Balaban J connectivity index is 1.68. The lowest BCUT2D eigenvalue weighted by atomic mass is 10.3. The molecular formula is C16H26N4O2Si. The van der Waals surface area contributed by atoms with E-state index in [9.17, 15) is 0 Å². The molecule has 0 unspecified atom stereocenters. The third-order valence-corrected chi connectivity index (χ3v) is 5.71. The van der Waals surface area contributed by atoms with Gasteiger partial charge in [-0.2, -0.15) is 0 Å². The molecule has 0 aliphatic carbocycles. The standard InChI is InChI=1S/C16H26N4O2Si/c1-23(2,3)11-10-22-13-20-12-17-14-4-5-15(18-16(14)20)19-6-8-21-9-7-19/h4-5,12H,6-11,13H2,1-3H3. The van der Waals surface area contributed by atoms with Crippen LogP contribution in [0.25, 0.3) is 11.2 Å². The quantitative estimate of drug-likeness (QED) is 0.600. The van der Waals surface area contributed by atoms with E-state index in [0.29, 0.717) is 6.73 Å². The van der Waals surface area contributed by atoms with Gasteiger partial charge in [0.1, 0.15) is 18.1 Å². The minimum atomic E-state index is -1.05. The summed E-state index contributed by atoms with van der Waals surface area (Å²) >= 11 is 0. The van der Waals surface area contributed by atoms with Crippen molar-refractivity contribution in [3.8, 4) is 0 Å². The average molecular weight is 334 g/mol. The molecule has 0 N–H and O–H groups in total. The Bertz CT molecular complexity index is 647. The van der Waals surface area contributed by atoms with Crippen LogP contribution in [-0.2, 0) is 16.2 Å². The van der Waals surface area contributed by atoms with E-state index in [1.807, 2.05) is 23.0 Å². The van der Waals surface area contributed by atoms with Crippen molar-refractivity contribution < 1.29 is 9.47 Å². The lowest BCUT2D eigenvalue weighted by Crippen LogP contribution is -2.36. The number of pyridine rings is 1. The summed E-state index contributed by atoms with van der Waals surface area (Å²) in [5.41, 5.74) is 1.80. The number of aromatic nitrogens is 3. The molecule has 0 amide bonds. The number of fused-ring (bicyclic) bond motifs is 1. The maximum Gasteiger partial charge on any atom is 0.164 e. The van der Waals surface area contributed by atoms with Gasteiger partial charge in [0.2, 0.25) is 0 Å². The number of hydrogen-bond acceptors (Lipinski definition) is 5. The van der Waals surface area contributed by atoms with Gasteiger partial charge in [-0.15, -0.1) is 0 Å². The molecule has 3 heterocycles. The van der Waals surface area contributed by atoms with E-state index in [0.717, 1.165) is 49.9 Å². The van der Waals surface area contributed by atoms with Crippen LogP contribution < -0.4 is 4.90 Å². The van der Waals surface area contributed by atoms with Crippen LogP contribution in [0.4, 0.5) is 5.82 Å². The molecule has 2 aromatic heterocycles. The third-order valence-electron chi connectivity index (χ3n) is 4.01. The Kier molecular flexibility index (Phi) is 4.98. The number of imidazole rings is 1. The van der Waals surface area contributed by atoms with Crippen LogP contribution in [0.1, 0.15) is 0 Å². The predicted octanol–water partition coefficient (Wildman–Crippen LogP) is 2.58. The first-order valence-corrected chi connectivity index (χ1v) is 12.0. The minimum absolute atomic E-state index is 0.514. The molecule has 0 radical (unpaired) electrons. The van der Waals surface area contributed by atoms with Gasteiger partial charge >= 0.3 is 0 Å². The van der Waals surface area contributed by atoms with Gasteiger partial charge in [0, 0.05) is 27.8 Å². The topological polar surface area (TPSA) is 52.4 Å². The predicted molar refractivity (Wildman–Crippen MR) is 94.7 cm³/mol. The van der Waals surface area contributed by atoms with Crippen LogP contribution >= 0.6 is 0 Å². The van der Waals surface area contributed by atoms with E-state index in [4.69, 9.17) is 14.5 Å². The fraction of sp³-hybridized carbons (Fsp3) is 0.625. The van der Waals surface area contributed by atoms with Crippen molar-refractivity contribution in [3.05, 3.63) is 18.5 Å². The van der Waals surface area contributed by atoms with E-state index >= 15 is 0 Å². The first-order valence-electron chi connectivity index (χ1n) is 8.25. The molecule has 126 valence electrons. The second-order valence-electron chi connectivity index (χ2n) is 7.17. The van der Waals surface area contributed by atoms with E-state index in [-0.39, 0.29) is 0 Å². The maximum atomic E-state index is 5.83. The molecule has 3 rings (SSSR count). The Morgan fingerprint density at radius 2 is 2.00 bits per heavy atom. The highest BCUT2D eigenvalue weighted by atomic mass is 28.3. The summed E-state index contributed by atoms with van der Waals surface area (Å²) in [6.45, 7) is 11.7. The molecule has 2 aromatic rings. The summed E-state index contributed by atoms with van der Waals surface area (Å²) in [6, 6.07) is 5.24. The van der Waals surface area contributed by atoms with Gasteiger partial charge in [-0.05, 0) is 18.2 Å². The molecular weight excluding hydrogens is 308 g/mol. The van der Waals surface area contributed by atoms with E-state index in [2.05, 4.69) is 29.5 Å². The third kappa shape index (κ3) is 4.30. The lowest BCUT2D eigenvalue weighted by molar-refractivity contribution is 0.0895. The van der Waals surface area contributed by atoms with Gasteiger partial charge in [-0.1, -0.05) is 19.6 Å². The van der Waals surface area contributed by atoms with E-state index in [1.165, 1.54) is 6.04 Å². The first-order chi connectivity index (χ1) is 11.0. The Hall–Kier alpha value is -1.44. The number of ether oxygens (including phenoxy) is 2. The van der Waals surface area contributed by atoms with Crippen LogP contribution in [0.2, 0.25) is 25.7 Å². The molecule has 1 aliphatic rings. The van der Waals surface area contributed by atoms with Crippen molar-refractivity contribution in [1.82, 2.24) is 14.5 Å². The molecule has 0 bridgehead atoms. The van der Waals surface area contributed by atoms with Gasteiger partial charge in [0.25, 0.3) is 0 Å². The van der Waals surface area contributed by atoms with Crippen LogP contribution in [0, 0.1) is 0 Å². The zero-order valence-electron chi connectivity index (χ0n) is 14.3. The van der Waals surface area contributed by atoms with Crippen molar-refractivity contribution in [2.75, 3.05) is 37.8 Å². The van der Waals surface area contributed by atoms with Gasteiger partial charge in [-0.3, -0.25) is 4.57 Å². The number of nitrogens with zero attached hydrogens (tertiary/aromatic N) is 4. The van der Waals surface area contributed by atoms with Gasteiger partial charge in [-0.25, -0.2) is 9.97 Å². The van der Waals surface area contributed by atoms with Crippen LogP contribution in [-0.4, -0.2) is 55.5 Å². The SMILES string of the molecule is C[Si](C)(C)CCOCn1cnc2ccc(N3CCOCC3)nc21. The minimum Gasteiger partial charge on any atom is -0.378 e. The van der Waals surface area contributed by atoms with Crippen molar-refractivity contribution in [3.63, 3.8) is 0 Å². The second kappa shape index (κ2) is 6.98. The van der Waals surface area contributed by atoms with Crippen LogP contribution in [0.3, 0.4) is 0 Å². The first kappa shape index (κ1) is 16.4. The molecule has 6 nitrogen and oxygen atoms in total. The zero-order valence-corrected chi connectivity index (χ0v) is 15.3. The normalized spacial score (nSPS) is 16.2. The van der Waals surface area contributed by atoms with Crippen molar-refractivity contribution in [2.24, 2.45) is 0 Å². The number of hydrogen-bond donors (Lipinski definition) is 0. The molecule has 7 heteroatoms. The highest BCUT2D eigenvalue weighted by Crippen LogP contribution is 2.18. The highest BCUT2D eigenvalue weighted by molar-refractivity contribution is 6.76. The monoisotopic (exact) mass is 334 g/mol. The molecule has 0 aromatic carbocycles. The van der Waals surface area contributed by atoms with Gasteiger partial charge in [0.05, 0.1) is 19.5 Å². The summed E-state index contributed by atoms with van der Waals surface area (Å²) in [7, 11) is -1.05. The summed E-state index contributed by atoms with van der Waals surface area (Å²) < 4.78 is 13.2. The van der Waals surface area contributed by atoms with Gasteiger partial charge in [0.15, 0.2) is 5.65 Å². The van der Waals surface area contributed by atoms with Crippen molar-refractivity contribution in [2.45, 2.75) is 32.4 Å². The van der Waals surface area contributed by atoms with Crippen LogP contribution in [0.5, 0.6) is 0 Å². The average Bonchev–Trinajstić information content (AvgIpc) is 2.94. The molecule has 23 heavy (non-hydrogen) atoms. The molecule has 1 fully saturated rings. The largest absolute Gasteiger partial charge is 0.378 e. The number of morpholine rings is 1. The zero-order chi connectivity index (χ0) is 16.3. The fourth-order valence-electron chi connectivity index (χ4n) is 2.53. The molecule has 0 saturated carbocycles. The molecule has 1 aliphatic heterocycles. The van der Waals surface area contributed by atoms with Gasteiger partial charge < -0.3 is 14.4 Å². The van der Waals surface area contributed by atoms with E-state index < -0.39 is 8.07 Å². The molecule has 0 atom stereocenters. The highest BCUT2D eigenvalue weighted by Gasteiger charge is 2.15. The summed E-state index contributed by atoms with van der Waals surface area (Å²) in [5.74, 6) is 0.990. The summed E-state index contributed by atoms with van der Waals surface area (Å²) in [6.07, 6.45) is 1.81. The number of anilines is 1. The fourth-order valence-corrected chi connectivity index (χ4v) is 3.29. The Morgan fingerprint density at radius 3 is 2.74 bits per heavy atom. The molecule has 1 saturated heterocycles. The van der Waals surface area contributed by atoms with Crippen molar-refractivity contribution >= 4 is 25.1 Å².